The molecular formula is C13H12N2O4S. The molecule has 0 aliphatic heterocycles. The van der Waals surface area contributed by atoms with E-state index in [0.29, 0.717) is 5.69 Å². The average Bonchev–Trinajstić information content (AvgIpc) is 2.38. The number of nitrogens with zero attached hydrogens (tertiary/aromatic N) is 1. The van der Waals surface area contributed by atoms with Crippen LogP contribution in [0.15, 0.2) is 47.5 Å². The number of nitrogens with one attached hydrogen (secondary N) is 1. The lowest BCUT2D eigenvalue weighted by Gasteiger charge is -2.06. The van der Waals surface area contributed by atoms with Crippen LogP contribution in [-0.2, 0) is 9.84 Å². The van der Waals surface area contributed by atoms with Gasteiger partial charge < -0.3 is 10.4 Å². The zero-order valence-corrected chi connectivity index (χ0v) is 11.4. The van der Waals surface area contributed by atoms with E-state index in [0.717, 1.165) is 6.26 Å². The van der Waals surface area contributed by atoms with E-state index in [1.54, 1.807) is 0 Å². The van der Waals surface area contributed by atoms with E-state index in [4.69, 9.17) is 0 Å². The first-order chi connectivity index (χ1) is 9.38. The zero-order chi connectivity index (χ0) is 14.8. The van der Waals surface area contributed by atoms with E-state index in [9.17, 15) is 18.3 Å². The number of amides is 1. The Labute approximate surface area is 116 Å². The summed E-state index contributed by atoms with van der Waals surface area (Å²) in [6.45, 7) is 0. The molecule has 2 rings (SSSR count). The molecule has 1 amide bonds. The smallest absolute Gasteiger partial charge is 0.278 e. The van der Waals surface area contributed by atoms with Crippen molar-refractivity contribution < 1.29 is 18.3 Å². The quantitative estimate of drug-likeness (QED) is 0.892. The maximum atomic E-state index is 11.9. The average molecular weight is 292 g/mol. The number of carbonyl (C=O) groups is 1. The van der Waals surface area contributed by atoms with Crippen molar-refractivity contribution in [3.8, 4) is 5.75 Å². The number of sulfone groups is 1. The van der Waals surface area contributed by atoms with Gasteiger partial charge in [0, 0.05) is 18.1 Å². The second-order valence-electron chi connectivity index (χ2n) is 4.12. The number of benzene rings is 1. The molecule has 6 nitrogen and oxygen atoms in total. The van der Waals surface area contributed by atoms with Crippen LogP contribution in [0.25, 0.3) is 0 Å². The van der Waals surface area contributed by atoms with Gasteiger partial charge in [-0.2, -0.15) is 0 Å². The summed E-state index contributed by atoms with van der Waals surface area (Å²) in [5.74, 6) is -0.798. The first kappa shape index (κ1) is 14.0. The third kappa shape index (κ3) is 3.12. The van der Waals surface area contributed by atoms with Crippen LogP contribution in [0.1, 0.15) is 10.5 Å². The van der Waals surface area contributed by atoms with Gasteiger partial charge in [0.05, 0.1) is 4.90 Å². The summed E-state index contributed by atoms with van der Waals surface area (Å²) in [5.41, 5.74) is 0.312. The Morgan fingerprint density at radius 1 is 1.20 bits per heavy atom. The van der Waals surface area contributed by atoms with E-state index in [-0.39, 0.29) is 16.3 Å². The van der Waals surface area contributed by atoms with E-state index >= 15 is 0 Å². The molecule has 0 saturated heterocycles. The second kappa shape index (κ2) is 5.30. The van der Waals surface area contributed by atoms with Crippen molar-refractivity contribution in [1.29, 1.82) is 0 Å². The van der Waals surface area contributed by atoms with E-state index in [2.05, 4.69) is 10.3 Å². The zero-order valence-electron chi connectivity index (χ0n) is 10.6. The Kier molecular flexibility index (Phi) is 3.71. The Balaban J connectivity index is 2.19. The number of carbonyl (C=O) groups excluding carboxylic acids is 1. The van der Waals surface area contributed by atoms with Gasteiger partial charge in [-0.1, -0.05) is 0 Å². The standard InChI is InChI=1S/C13H12N2O4S/c1-20(18,19)10-6-4-9(5-7-10)15-13(17)12-11(16)3-2-8-14-12/h2-8,16H,1H3,(H,15,17). The maximum Gasteiger partial charge on any atom is 0.278 e. The highest BCUT2D eigenvalue weighted by Crippen LogP contribution is 2.17. The minimum Gasteiger partial charge on any atom is -0.505 e. The molecule has 104 valence electrons. The summed E-state index contributed by atoms with van der Waals surface area (Å²) in [7, 11) is -3.27. The lowest BCUT2D eigenvalue weighted by Crippen LogP contribution is -2.13. The highest BCUT2D eigenvalue weighted by Gasteiger charge is 2.13. The molecule has 0 fully saturated rings. The minimum absolute atomic E-state index is 0.0975. The van der Waals surface area contributed by atoms with Crippen LogP contribution < -0.4 is 5.32 Å². The largest absolute Gasteiger partial charge is 0.505 e. The summed E-state index contributed by atoms with van der Waals surface area (Å²) in [6.07, 6.45) is 2.49. The topological polar surface area (TPSA) is 96.4 Å². The molecule has 0 unspecified atom stereocenters. The molecule has 1 aromatic carbocycles. The number of aromatic hydroxyl groups is 1. The van der Waals surface area contributed by atoms with E-state index in [1.807, 2.05) is 0 Å². The number of hydrogen-bond acceptors (Lipinski definition) is 5. The van der Waals surface area contributed by atoms with Crippen LogP contribution in [-0.4, -0.2) is 30.7 Å². The molecule has 0 radical (unpaired) electrons. The van der Waals surface area contributed by atoms with Crippen molar-refractivity contribution in [2.45, 2.75) is 4.90 Å². The molecule has 1 heterocycles. The van der Waals surface area contributed by atoms with Gasteiger partial charge in [0.1, 0.15) is 5.75 Å². The van der Waals surface area contributed by atoms with Crippen LogP contribution in [0.4, 0.5) is 5.69 Å². The molecule has 2 aromatic rings. The van der Waals surface area contributed by atoms with Gasteiger partial charge in [-0.05, 0) is 36.4 Å². The normalized spacial score (nSPS) is 11.1. The third-order valence-electron chi connectivity index (χ3n) is 2.54. The monoisotopic (exact) mass is 292 g/mol. The van der Waals surface area contributed by atoms with E-state index in [1.165, 1.54) is 42.6 Å². The van der Waals surface area contributed by atoms with Crippen molar-refractivity contribution in [3.63, 3.8) is 0 Å². The van der Waals surface area contributed by atoms with Crippen LogP contribution in [0.5, 0.6) is 5.75 Å². The summed E-state index contributed by atoms with van der Waals surface area (Å²) in [5, 5.41) is 12.0. The fourth-order valence-corrected chi connectivity index (χ4v) is 2.18. The lowest BCUT2D eigenvalue weighted by molar-refractivity contribution is 0.101. The highest BCUT2D eigenvalue weighted by atomic mass is 32.2. The van der Waals surface area contributed by atoms with Crippen molar-refractivity contribution in [1.82, 2.24) is 4.98 Å². The maximum absolute atomic E-state index is 11.9. The van der Waals surface area contributed by atoms with Gasteiger partial charge in [-0.15, -0.1) is 0 Å². The van der Waals surface area contributed by atoms with Crippen LogP contribution in [0.2, 0.25) is 0 Å². The van der Waals surface area contributed by atoms with Crippen LogP contribution in [0, 0.1) is 0 Å². The van der Waals surface area contributed by atoms with Gasteiger partial charge in [-0.25, -0.2) is 13.4 Å². The van der Waals surface area contributed by atoms with Crippen molar-refractivity contribution >= 4 is 21.4 Å². The van der Waals surface area contributed by atoms with Gasteiger partial charge in [0.15, 0.2) is 15.5 Å². The minimum atomic E-state index is -3.27. The molecule has 7 heteroatoms. The van der Waals surface area contributed by atoms with Gasteiger partial charge in [0.2, 0.25) is 0 Å². The van der Waals surface area contributed by atoms with Crippen molar-refractivity contribution in [2.75, 3.05) is 11.6 Å². The summed E-state index contributed by atoms with van der Waals surface area (Å²) >= 11 is 0. The Morgan fingerprint density at radius 3 is 2.40 bits per heavy atom. The Hall–Kier alpha value is -2.41. The lowest BCUT2D eigenvalue weighted by atomic mass is 10.2. The van der Waals surface area contributed by atoms with Crippen LogP contribution in [0.3, 0.4) is 0 Å². The molecule has 0 bridgehead atoms. The molecule has 0 spiro atoms. The summed E-state index contributed by atoms with van der Waals surface area (Å²) in [4.78, 5) is 15.8. The Bertz CT molecular complexity index is 739. The Morgan fingerprint density at radius 2 is 1.85 bits per heavy atom. The molecule has 0 saturated carbocycles. The highest BCUT2D eigenvalue weighted by molar-refractivity contribution is 7.90. The van der Waals surface area contributed by atoms with Crippen molar-refractivity contribution in [2.24, 2.45) is 0 Å². The number of aromatic nitrogens is 1. The van der Waals surface area contributed by atoms with Gasteiger partial charge >= 0.3 is 0 Å². The number of rotatable bonds is 3. The number of hydrogen-bond donors (Lipinski definition) is 2. The SMILES string of the molecule is CS(=O)(=O)c1ccc(NC(=O)c2ncccc2O)cc1. The second-order valence-corrected chi connectivity index (χ2v) is 6.14. The predicted molar refractivity (Wildman–Crippen MR) is 73.4 cm³/mol. The molecule has 2 N–H and O–H groups in total. The van der Waals surface area contributed by atoms with Gasteiger partial charge in [-0.3, -0.25) is 4.79 Å². The molecular weight excluding hydrogens is 280 g/mol. The molecule has 1 aromatic heterocycles. The fourth-order valence-electron chi connectivity index (χ4n) is 1.55. The van der Waals surface area contributed by atoms with Crippen molar-refractivity contribution in [3.05, 3.63) is 48.3 Å². The summed E-state index contributed by atoms with van der Waals surface area (Å²) < 4.78 is 22.6. The molecule has 0 aliphatic rings. The first-order valence-electron chi connectivity index (χ1n) is 5.63. The summed E-state index contributed by atoms with van der Waals surface area (Å²) in [6, 6.07) is 8.58. The first-order valence-corrected chi connectivity index (χ1v) is 7.52. The van der Waals surface area contributed by atoms with E-state index < -0.39 is 15.7 Å². The fraction of sp³-hybridized carbons (Fsp3) is 0.0769. The van der Waals surface area contributed by atoms with Crippen LogP contribution >= 0.6 is 0 Å². The molecule has 20 heavy (non-hydrogen) atoms. The van der Waals surface area contributed by atoms with Gasteiger partial charge in [0.25, 0.3) is 5.91 Å². The predicted octanol–water partition coefficient (Wildman–Crippen LogP) is 1.44. The number of pyridine rings is 1. The molecule has 0 aliphatic carbocycles. The number of anilines is 1. The third-order valence-corrected chi connectivity index (χ3v) is 3.67. The molecule has 0 atom stereocenters.